The van der Waals surface area contributed by atoms with Crippen LogP contribution in [-0.4, -0.2) is 56.1 Å². The van der Waals surface area contributed by atoms with Crippen LogP contribution in [0.5, 0.6) is 0 Å². The molecule has 2 N–H and O–H groups in total. The molecule has 29 heavy (non-hydrogen) atoms. The first-order valence-corrected chi connectivity index (χ1v) is 11.5. The lowest BCUT2D eigenvalue weighted by Crippen LogP contribution is -2.43. The predicted molar refractivity (Wildman–Crippen MR) is 116 cm³/mol. The van der Waals surface area contributed by atoms with Crippen LogP contribution in [0.25, 0.3) is 0 Å². The lowest BCUT2D eigenvalue weighted by molar-refractivity contribution is -0.113. The number of ether oxygens (including phenoxy) is 3. The van der Waals surface area contributed by atoms with Crippen LogP contribution in [0.3, 0.4) is 0 Å². The van der Waals surface area contributed by atoms with Gasteiger partial charge in [0.1, 0.15) is 6.79 Å². The molecule has 2 fully saturated rings. The number of fused-ring (bicyclic) bond motifs is 1. The van der Waals surface area contributed by atoms with Crippen LogP contribution in [0.2, 0.25) is 0 Å². The Hall–Kier alpha value is -0.460. The molecule has 0 saturated heterocycles. The molecule has 0 aromatic heterocycles. The summed E-state index contributed by atoms with van der Waals surface area (Å²) in [4.78, 5) is 0. The monoisotopic (exact) mass is 412 g/mol. The first-order chi connectivity index (χ1) is 13.8. The summed E-state index contributed by atoms with van der Waals surface area (Å²) in [6.45, 7) is 10.6. The first kappa shape index (κ1) is 24.8. The van der Waals surface area contributed by atoms with E-state index in [4.69, 9.17) is 14.2 Å². The maximum Gasteiger partial charge on any atom is 0.147 e. The first-order valence-electron chi connectivity index (χ1n) is 11.5. The fourth-order valence-electron chi connectivity index (χ4n) is 5.87. The molecule has 6 atom stereocenters. The van der Waals surface area contributed by atoms with E-state index < -0.39 is 6.10 Å². The van der Waals surface area contributed by atoms with Gasteiger partial charge in [-0.05, 0) is 48.0 Å². The zero-order valence-corrected chi connectivity index (χ0v) is 19.2. The minimum absolute atomic E-state index is 0.0212. The van der Waals surface area contributed by atoms with Gasteiger partial charge in [-0.15, -0.1) is 0 Å². The smallest absolute Gasteiger partial charge is 0.147 e. The van der Waals surface area contributed by atoms with Gasteiger partial charge < -0.3 is 24.4 Å². The lowest BCUT2D eigenvalue weighted by atomic mass is 9.60. The van der Waals surface area contributed by atoms with Crippen molar-refractivity contribution in [3.05, 3.63) is 11.6 Å². The molecular formula is C24H44O5. The van der Waals surface area contributed by atoms with Gasteiger partial charge >= 0.3 is 0 Å². The third-order valence-corrected chi connectivity index (χ3v) is 7.37. The SMILES string of the molecule is COCCOCO[C@H]1C[C@H]([C@H](C)CCCC(C)C)[C@@]2(C)CC[C@@H](O)/C(=C/CO)[C@H]12. The summed E-state index contributed by atoms with van der Waals surface area (Å²) in [5.74, 6) is 2.06. The quantitative estimate of drug-likeness (QED) is 0.286. The number of aliphatic hydroxyl groups is 2. The van der Waals surface area contributed by atoms with Crippen molar-refractivity contribution in [1.82, 2.24) is 0 Å². The van der Waals surface area contributed by atoms with Crippen molar-refractivity contribution in [2.45, 2.75) is 78.4 Å². The largest absolute Gasteiger partial charge is 0.392 e. The Labute approximate surface area is 177 Å². The molecule has 0 unspecified atom stereocenters. The highest BCUT2D eigenvalue weighted by atomic mass is 16.7. The van der Waals surface area contributed by atoms with Gasteiger partial charge in [0.25, 0.3) is 0 Å². The van der Waals surface area contributed by atoms with Gasteiger partial charge in [-0.25, -0.2) is 0 Å². The Bertz CT molecular complexity index is 505. The van der Waals surface area contributed by atoms with Crippen LogP contribution in [0.15, 0.2) is 11.6 Å². The molecule has 5 nitrogen and oxygen atoms in total. The minimum atomic E-state index is -0.476. The van der Waals surface area contributed by atoms with E-state index in [1.54, 1.807) is 7.11 Å². The summed E-state index contributed by atoms with van der Waals surface area (Å²) in [7, 11) is 1.66. The molecule has 0 aromatic carbocycles. The highest BCUT2D eigenvalue weighted by Crippen LogP contribution is 2.60. The normalized spacial score (nSPS) is 34.7. The van der Waals surface area contributed by atoms with E-state index in [0.717, 1.165) is 30.8 Å². The number of rotatable bonds is 12. The number of hydrogen-bond acceptors (Lipinski definition) is 5. The van der Waals surface area contributed by atoms with Crippen LogP contribution in [-0.2, 0) is 14.2 Å². The van der Waals surface area contributed by atoms with Crippen molar-refractivity contribution in [3.63, 3.8) is 0 Å². The van der Waals surface area contributed by atoms with Gasteiger partial charge in [0.05, 0.1) is 32.0 Å². The second-order valence-corrected chi connectivity index (χ2v) is 9.79. The maximum absolute atomic E-state index is 10.7. The maximum atomic E-state index is 10.7. The van der Waals surface area contributed by atoms with Gasteiger partial charge in [-0.3, -0.25) is 0 Å². The van der Waals surface area contributed by atoms with E-state index in [0.29, 0.717) is 25.0 Å². The van der Waals surface area contributed by atoms with Crippen molar-refractivity contribution in [3.8, 4) is 0 Å². The number of methoxy groups -OCH3 is 1. The van der Waals surface area contributed by atoms with Crippen LogP contribution < -0.4 is 0 Å². The number of aliphatic hydroxyl groups excluding tert-OH is 2. The van der Waals surface area contributed by atoms with Crippen molar-refractivity contribution in [2.75, 3.05) is 33.7 Å². The van der Waals surface area contributed by atoms with Gasteiger partial charge in [-0.1, -0.05) is 53.0 Å². The molecule has 0 radical (unpaired) electrons. The molecule has 0 bridgehead atoms. The van der Waals surface area contributed by atoms with E-state index in [1.807, 2.05) is 6.08 Å². The molecule has 2 aliphatic carbocycles. The van der Waals surface area contributed by atoms with Crippen LogP contribution in [0.4, 0.5) is 0 Å². The zero-order valence-electron chi connectivity index (χ0n) is 19.2. The fourth-order valence-corrected chi connectivity index (χ4v) is 5.87. The van der Waals surface area contributed by atoms with Gasteiger partial charge in [-0.2, -0.15) is 0 Å². The average Bonchev–Trinajstić information content (AvgIpc) is 2.97. The second-order valence-electron chi connectivity index (χ2n) is 9.79. The topological polar surface area (TPSA) is 68.2 Å². The predicted octanol–water partition coefficient (Wildman–Crippen LogP) is 4.17. The zero-order chi connectivity index (χ0) is 21.4. The van der Waals surface area contributed by atoms with E-state index in [2.05, 4.69) is 27.7 Å². The van der Waals surface area contributed by atoms with Gasteiger partial charge in [0.2, 0.25) is 0 Å². The number of hydrogen-bond donors (Lipinski definition) is 2. The average molecular weight is 413 g/mol. The minimum Gasteiger partial charge on any atom is -0.392 e. The Morgan fingerprint density at radius 3 is 2.62 bits per heavy atom. The summed E-state index contributed by atoms with van der Waals surface area (Å²) in [6, 6.07) is 0. The molecule has 2 aliphatic rings. The molecule has 2 rings (SSSR count). The van der Waals surface area contributed by atoms with Crippen molar-refractivity contribution in [1.29, 1.82) is 0 Å². The highest BCUT2D eigenvalue weighted by Gasteiger charge is 2.57. The van der Waals surface area contributed by atoms with Crippen molar-refractivity contribution < 1.29 is 24.4 Å². The lowest BCUT2D eigenvalue weighted by Gasteiger charge is -2.46. The van der Waals surface area contributed by atoms with Crippen LogP contribution in [0, 0.1) is 29.1 Å². The van der Waals surface area contributed by atoms with E-state index in [-0.39, 0.29) is 30.8 Å². The Balaban J connectivity index is 2.14. The van der Waals surface area contributed by atoms with Crippen LogP contribution >= 0.6 is 0 Å². The molecular weight excluding hydrogens is 368 g/mol. The van der Waals surface area contributed by atoms with E-state index >= 15 is 0 Å². The van der Waals surface area contributed by atoms with Crippen molar-refractivity contribution in [2.24, 2.45) is 29.1 Å². The molecule has 170 valence electrons. The molecule has 0 aliphatic heterocycles. The summed E-state index contributed by atoms with van der Waals surface area (Å²) in [5, 5.41) is 20.2. The summed E-state index contributed by atoms with van der Waals surface area (Å²) >= 11 is 0. The summed E-state index contributed by atoms with van der Waals surface area (Å²) in [5.41, 5.74) is 1.06. The summed E-state index contributed by atoms with van der Waals surface area (Å²) in [6.07, 6.45) is 7.92. The van der Waals surface area contributed by atoms with Gasteiger partial charge in [0, 0.05) is 13.0 Å². The standard InChI is InChI=1S/C24H44O5/c1-17(2)7-6-8-18(3)20-15-22(29-16-28-14-13-27-5)23-19(10-12-25)21(26)9-11-24(20,23)4/h10,17-18,20-23,25-26H,6-9,11-16H2,1-5H3/b19-10-/t18-,20-,21-,22+,23-,24-/m1/s1. The third kappa shape index (κ3) is 6.27. The second kappa shape index (κ2) is 11.8. The Kier molecular flexibility index (Phi) is 10.1. The molecule has 2 saturated carbocycles. The fraction of sp³-hybridized carbons (Fsp3) is 0.917. The van der Waals surface area contributed by atoms with Crippen molar-refractivity contribution >= 4 is 0 Å². The summed E-state index contributed by atoms with van der Waals surface area (Å²) < 4.78 is 16.8. The Morgan fingerprint density at radius 1 is 1.21 bits per heavy atom. The molecule has 5 heteroatoms. The van der Waals surface area contributed by atoms with Crippen LogP contribution in [0.1, 0.15) is 66.2 Å². The molecule has 0 amide bonds. The van der Waals surface area contributed by atoms with Gasteiger partial charge in [0.15, 0.2) is 0 Å². The highest BCUT2D eigenvalue weighted by molar-refractivity contribution is 5.25. The molecule has 0 aromatic rings. The Morgan fingerprint density at radius 2 is 1.97 bits per heavy atom. The molecule has 0 heterocycles. The van der Waals surface area contributed by atoms with E-state index in [9.17, 15) is 10.2 Å². The third-order valence-electron chi connectivity index (χ3n) is 7.37. The van der Waals surface area contributed by atoms with E-state index in [1.165, 1.54) is 19.3 Å². The molecule has 0 spiro atoms.